The Labute approximate surface area is 123 Å². The Kier molecular flexibility index (Phi) is 5.72. The van der Waals surface area contributed by atoms with Gasteiger partial charge in [-0.15, -0.1) is 0 Å². The zero-order chi connectivity index (χ0) is 14.4. The summed E-state index contributed by atoms with van der Waals surface area (Å²) in [4.78, 5) is 2.37. The van der Waals surface area contributed by atoms with Crippen molar-refractivity contribution in [2.45, 2.75) is 51.7 Å². The first-order valence-corrected chi connectivity index (χ1v) is 7.91. The minimum absolute atomic E-state index is 0.470. The second-order valence-corrected chi connectivity index (χ2v) is 5.57. The summed E-state index contributed by atoms with van der Waals surface area (Å²) in [6.45, 7) is 6.52. The molecule has 1 N–H and O–H groups in total. The van der Waals surface area contributed by atoms with Gasteiger partial charge in [0.05, 0.1) is 6.10 Å². The maximum Gasteiger partial charge on any atom is 0.0572 e. The molecule has 2 rings (SSSR count). The van der Waals surface area contributed by atoms with Crippen LogP contribution in [0, 0.1) is 0 Å². The number of nitrogens with zero attached hydrogens (tertiary/aromatic N) is 1. The molecule has 0 spiro atoms. The molecule has 0 unspecified atom stereocenters. The molecule has 20 heavy (non-hydrogen) atoms. The van der Waals surface area contributed by atoms with Crippen LogP contribution in [0.3, 0.4) is 0 Å². The molecule has 0 aromatic heterocycles. The van der Waals surface area contributed by atoms with Crippen LogP contribution in [0.2, 0.25) is 0 Å². The lowest BCUT2D eigenvalue weighted by Gasteiger charge is -2.29. The normalized spacial score (nSPS) is 22.6. The molecule has 1 aliphatic carbocycles. The van der Waals surface area contributed by atoms with Gasteiger partial charge in [-0.3, -0.25) is 0 Å². The molecule has 1 aliphatic rings. The molecule has 3 heteroatoms. The minimum atomic E-state index is 0.470. The van der Waals surface area contributed by atoms with E-state index < -0.39 is 0 Å². The van der Waals surface area contributed by atoms with Crippen LogP contribution in [0.5, 0.6) is 0 Å². The molecule has 1 aromatic carbocycles. The predicted octanol–water partition coefficient (Wildman–Crippen LogP) is 3.90. The molecule has 112 valence electrons. The van der Waals surface area contributed by atoms with E-state index >= 15 is 0 Å². The van der Waals surface area contributed by atoms with Crippen LogP contribution in [0.25, 0.3) is 0 Å². The maximum atomic E-state index is 5.42. The van der Waals surface area contributed by atoms with Crippen molar-refractivity contribution in [2.24, 2.45) is 0 Å². The fourth-order valence-corrected chi connectivity index (χ4v) is 3.04. The maximum absolute atomic E-state index is 5.42. The summed E-state index contributed by atoms with van der Waals surface area (Å²) >= 11 is 0. The highest BCUT2D eigenvalue weighted by atomic mass is 16.5. The van der Waals surface area contributed by atoms with E-state index in [1.165, 1.54) is 37.1 Å². The molecule has 0 aliphatic heterocycles. The van der Waals surface area contributed by atoms with Gasteiger partial charge in [-0.25, -0.2) is 0 Å². The van der Waals surface area contributed by atoms with Crippen molar-refractivity contribution < 1.29 is 4.74 Å². The van der Waals surface area contributed by atoms with Crippen LogP contribution < -0.4 is 10.2 Å². The van der Waals surface area contributed by atoms with Gasteiger partial charge in [-0.1, -0.05) is 0 Å². The first kappa shape index (κ1) is 15.2. The standard InChI is InChI=1S/C17H28N2O/c1-4-19(5-2)16-10-6-14(7-11-16)18-15-8-12-17(20-3)13-9-15/h6-7,10-11,15,17-18H,4-5,8-9,12-13H2,1-3H3. The van der Waals surface area contributed by atoms with Crippen molar-refractivity contribution in [2.75, 3.05) is 30.4 Å². The van der Waals surface area contributed by atoms with Crippen LogP contribution >= 0.6 is 0 Å². The second-order valence-electron chi connectivity index (χ2n) is 5.57. The Balaban J connectivity index is 1.88. The number of anilines is 2. The first-order chi connectivity index (χ1) is 9.76. The van der Waals surface area contributed by atoms with E-state index in [2.05, 4.69) is 48.3 Å². The van der Waals surface area contributed by atoms with Crippen LogP contribution in [-0.4, -0.2) is 32.3 Å². The predicted molar refractivity (Wildman–Crippen MR) is 86.7 cm³/mol. The molecule has 1 fully saturated rings. The highest BCUT2D eigenvalue weighted by Gasteiger charge is 2.20. The minimum Gasteiger partial charge on any atom is -0.382 e. The van der Waals surface area contributed by atoms with Crippen LogP contribution in [0.15, 0.2) is 24.3 Å². The number of ether oxygens (including phenoxy) is 1. The van der Waals surface area contributed by atoms with Crippen molar-refractivity contribution in [3.63, 3.8) is 0 Å². The average molecular weight is 276 g/mol. The zero-order valence-electron chi connectivity index (χ0n) is 13.1. The Bertz CT molecular complexity index is 378. The zero-order valence-corrected chi connectivity index (χ0v) is 13.1. The van der Waals surface area contributed by atoms with E-state index in [1.807, 2.05) is 7.11 Å². The molecular weight excluding hydrogens is 248 g/mol. The van der Waals surface area contributed by atoms with E-state index in [-0.39, 0.29) is 0 Å². The second kappa shape index (κ2) is 7.53. The molecule has 0 atom stereocenters. The molecule has 0 radical (unpaired) electrons. The average Bonchev–Trinajstić information content (AvgIpc) is 2.51. The Hall–Kier alpha value is -1.22. The summed E-state index contributed by atoms with van der Waals surface area (Å²) in [7, 11) is 1.82. The summed E-state index contributed by atoms with van der Waals surface area (Å²) in [5.74, 6) is 0. The smallest absolute Gasteiger partial charge is 0.0572 e. The number of methoxy groups -OCH3 is 1. The first-order valence-electron chi connectivity index (χ1n) is 7.91. The summed E-state index contributed by atoms with van der Waals surface area (Å²) in [5.41, 5.74) is 2.55. The van der Waals surface area contributed by atoms with E-state index in [9.17, 15) is 0 Å². The summed E-state index contributed by atoms with van der Waals surface area (Å²) in [5, 5.41) is 3.65. The lowest BCUT2D eigenvalue weighted by Crippen LogP contribution is -2.29. The number of hydrogen-bond donors (Lipinski definition) is 1. The van der Waals surface area contributed by atoms with Gasteiger partial charge < -0.3 is 15.0 Å². The van der Waals surface area contributed by atoms with Crippen molar-refractivity contribution in [3.05, 3.63) is 24.3 Å². The van der Waals surface area contributed by atoms with Gasteiger partial charge in [0.15, 0.2) is 0 Å². The van der Waals surface area contributed by atoms with Crippen molar-refractivity contribution in [1.29, 1.82) is 0 Å². The number of benzene rings is 1. The van der Waals surface area contributed by atoms with Gasteiger partial charge in [-0.05, 0) is 63.8 Å². The lowest BCUT2D eigenvalue weighted by molar-refractivity contribution is 0.0682. The SMILES string of the molecule is CCN(CC)c1ccc(NC2CCC(OC)CC2)cc1. The quantitative estimate of drug-likeness (QED) is 0.852. The van der Waals surface area contributed by atoms with Crippen LogP contribution in [0.1, 0.15) is 39.5 Å². The van der Waals surface area contributed by atoms with E-state index in [1.54, 1.807) is 0 Å². The third-order valence-electron chi connectivity index (χ3n) is 4.37. The van der Waals surface area contributed by atoms with Gasteiger partial charge in [-0.2, -0.15) is 0 Å². The van der Waals surface area contributed by atoms with Gasteiger partial charge in [0, 0.05) is 37.6 Å². The fourth-order valence-electron chi connectivity index (χ4n) is 3.04. The van der Waals surface area contributed by atoms with E-state index in [4.69, 9.17) is 4.74 Å². The van der Waals surface area contributed by atoms with E-state index in [0.29, 0.717) is 12.1 Å². The third kappa shape index (κ3) is 3.89. The third-order valence-corrected chi connectivity index (χ3v) is 4.37. The fraction of sp³-hybridized carbons (Fsp3) is 0.647. The summed E-state index contributed by atoms with van der Waals surface area (Å²) in [6, 6.07) is 9.44. The van der Waals surface area contributed by atoms with Gasteiger partial charge in [0.2, 0.25) is 0 Å². The van der Waals surface area contributed by atoms with Crippen molar-refractivity contribution in [3.8, 4) is 0 Å². The van der Waals surface area contributed by atoms with Gasteiger partial charge in [0.1, 0.15) is 0 Å². The largest absolute Gasteiger partial charge is 0.382 e. The molecular formula is C17H28N2O. The molecule has 3 nitrogen and oxygen atoms in total. The van der Waals surface area contributed by atoms with Crippen molar-refractivity contribution >= 4 is 11.4 Å². The van der Waals surface area contributed by atoms with Crippen molar-refractivity contribution in [1.82, 2.24) is 0 Å². The monoisotopic (exact) mass is 276 g/mol. The molecule has 1 aromatic rings. The van der Waals surface area contributed by atoms with Gasteiger partial charge >= 0.3 is 0 Å². The Morgan fingerprint density at radius 1 is 1.05 bits per heavy atom. The topological polar surface area (TPSA) is 24.5 Å². The highest BCUT2D eigenvalue weighted by Crippen LogP contribution is 2.25. The molecule has 0 heterocycles. The number of hydrogen-bond acceptors (Lipinski definition) is 3. The Morgan fingerprint density at radius 3 is 2.15 bits per heavy atom. The summed E-state index contributed by atoms with van der Waals surface area (Å²) < 4.78 is 5.42. The molecule has 0 amide bonds. The molecule has 1 saturated carbocycles. The highest BCUT2D eigenvalue weighted by molar-refractivity contribution is 5.55. The number of nitrogens with one attached hydrogen (secondary N) is 1. The van der Waals surface area contributed by atoms with E-state index in [0.717, 1.165) is 13.1 Å². The van der Waals surface area contributed by atoms with Crippen LogP contribution in [-0.2, 0) is 4.74 Å². The lowest BCUT2D eigenvalue weighted by atomic mass is 9.93. The Morgan fingerprint density at radius 2 is 1.65 bits per heavy atom. The molecule has 0 bridgehead atoms. The summed E-state index contributed by atoms with van der Waals surface area (Å²) in [6.07, 6.45) is 5.22. The van der Waals surface area contributed by atoms with Crippen LogP contribution in [0.4, 0.5) is 11.4 Å². The van der Waals surface area contributed by atoms with Gasteiger partial charge in [0.25, 0.3) is 0 Å². The molecule has 0 saturated heterocycles. The number of rotatable bonds is 6.